The molecular weight excluding hydrogens is 460 g/mol. The lowest BCUT2D eigenvalue weighted by molar-refractivity contribution is -0.138. The summed E-state index contributed by atoms with van der Waals surface area (Å²) in [5.41, 5.74) is 11.4. The van der Waals surface area contributed by atoms with E-state index >= 15 is 0 Å². The maximum Gasteiger partial charge on any atom is 0.328 e. The van der Waals surface area contributed by atoms with Gasteiger partial charge in [0.2, 0.25) is 23.6 Å². The molecule has 6 atom stereocenters. The number of phenolic OH excluding ortho intramolecular Hbond substituents is 1. The van der Waals surface area contributed by atoms with E-state index in [1.165, 1.54) is 25.3 Å². The molecule has 2 saturated heterocycles. The third-order valence-electron chi connectivity index (χ3n) is 7.66. The van der Waals surface area contributed by atoms with Gasteiger partial charge in [0.15, 0.2) is 0 Å². The summed E-state index contributed by atoms with van der Waals surface area (Å²) < 4.78 is 5.27. The number of methoxy groups -OCH3 is 1. The van der Waals surface area contributed by atoms with Gasteiger partial charge < -0.3 is 21.3 Å². The van der Waals surface area contributed by atoms with Crippen LogP contribution in [-0.4, -0.2) is 57.7 Å². The molecule has 4 aliphatic rings. The highest BCUT2D eigenvalue weighted by Crippen LogP contribution is 2.58. The summed E-state index contributed by atoms with van der Waals surface area (Å²) in [7, 11) is 1.42. The highest BCUT2D eigenvalue weighted by atomic mass is 16.5. The molecule has 2 aliphatic carbocycles. The molecule has 1 aromatic carbocycles. The third-order valence-corrected chi connectivity index (χ3v) is 7.66. The predicted octanol–water partition coefficient (Wildman–Crippen LogP) is 0.194. The number of imide groups is 6. The molecule has 8 amide bonds. The number of phenols is 1. The van der Waals surface area contributed by atoms with Crippen LogP contribution in [0.1, 0.15) is 24.3 Å². The van der Waals surface area contributed by atoms with Crippen molar-refractivity contribution >= 4 is 35.7 Å². The molecule has 5 N–H and O–H groups in total. The van der Waals surface area contributed by atoms with Crippen LogP contribution in [0, 0.1) is 29.6 Å². The van der Waals surface area contributed by atoms with Gasteiger partial charge in [-0.2, -0.15) is 9.80 Å². The molecule has 6 unspecified atom stereocenters. The molecule has 5 rings (SSSR count). The second-order valence-electron chi connectivity index (χ2n) is 9.15. The molecule has 182 valence electrons. The fourth-order valence-corrected chi connectivity index (χ4v) is 6.28. The van der Waals surface area contributed by atoms with Crippen LogP contribution in [0.15, 0.2) is 29.8 Å². The molecular formula is C23H22N4O8. The van der Waals surface area contributed by atoms with E-state index in [0.717, 1.165) is 0 Å². The number of likely N-dealkylation sites (tertiary alicyclic amines) is 2. The van der Waals surface area contributed by atoms with Crippen LogP contribution < -0.4 is 16.2 Å². The molecule has 12 heteroatoms. The highest BCUT2D eigenvalue weighted by Gasteiger charge is 2.63. The Balaban J connectivity index is 1.69. The van der Waals surface area contributed by atoms with Crippen molar-refractivity contribution in [3.05, 3.63) is 35.4 Å². The van der Waals surface area contributed by atoms with E-state index in [-0.39, 0.29) is 24.2 Å². The number of urea groups is 2. The van der Waals surface area contributed by atoms with Crippen LogP contribution in [0.5, 0.6) is 11.5 Å². The first kappa shape index (κ1) is 22.6. The zero-order valence-corrected chi connectivity index (χ0v) is 18.5. The Morgan fingerprint density at radius 2 is 1.51 bits per heavy atom. The van der Waals surface area contributed by atoms with Crippen LogP contribution in [-0.2, 0) is 19.2 Å². The minimum Gasteiger partial charge on any atom is -0.508 e. The maximum atomic E-state index is 13.3. The van der Waals surface area contributed by atoms with Crippen molar-refractivity contribution in [2.75, 3.05) is 7.11 Å². The van der Waals surface area contributed by atoms with Gasteiger partial charge in [-0.15, -0.1) is 0 Å². The lowest BCUT2D eigenvalue weighted by atomic mass is 9.57. The van der Waals surface area contributed by atoms with Gasteiger partial charge in [-0.1, -0.05) is 11.6 Å². The Bertz CT molecular complexity index is 1260. The minimum absolute atomic E-state index is 0.0150. The van der Waals surface area contributed by atoms with Gasteiger partial charge in [0.05, 0.1) is 30.8 Å². The first-order valence-corrected chi connectivity index (χ1v) is 11.0. The number of ether oxygens (including phenoxy) is 1. The summed E-state index contributed by atoms with van der Waals surface area (Å²) in [6.45, 7) is 0. The summed E-state index contributed by atoms with van der Waals surface area (Å²) in [4.78, 5) is 76.9. The molecule has 2 aliphatic heterocycles. The quantitative estimate of drug-likeness (QED) is 0.393. The molecule has 1 aromatic rings. The average Bonchev–Trinajstić information content (AvgIpc) is 3.22. The summed E-state index contributed by atoms with van der Waals surface area (Å²) in [5.74, 6) is -8.41. The van der Waals surface area contributed by atoms with E-state index in [1.54, 1.807) is 6.08 Å². The average molecular weight is 482 g/mol. The Morgan fingerprint density at radius 3 is 2.11 bits per heavy atom. The molecule has 0 spiro atoms. The number of carbonyl (C=O) groups is 6. The maximum absolute atomic E-state index is 13.3. The third kappa shape index (κ3) is 2.98. The Hall–Kier alpha value is -4.22. The monoisotopic (exact) mass is 482 g/mol. The zero-order valence-electron chi connectivity index (χ0n) is 18.5. The Morgan fingerprint density at radius 1 is 0.914 bits per heavy atom. The summed E-state index contributed by atoms with van der Waals surface area (Å²) in [6.07, 6.45) is 1.80. The summed E-state index contributed by atoms with van der Waals surface area (Å²) in [6, 6.07) is 2.02. The first-order chi connectivity index (χ1) is 16.6. The number of benzene rings is 1. The van der Waals surface area contributed by atoms with Crippen molar-refractivity contribution < 1.29 is 38.6 Å². The van der Waals surface area contributed by atoms with Crippen LogP contribution in [0.4, 0.5) is 9.59 Å². The lowest BCUT2D eigenvalue weighted by Crippen LogP contribution is -2.44. The van der Waals surface area contributed by atoms with Gasteiger partial charge >= 0.3 is 12.1 Å². The number of allylic oxidation sites excluding steroid dienone is 2. The van der Waals surface area contributed by atoms with E-state index in [9.17, 15) is 33.9 Å². The normalized spacial score (nSPS) is 31.6. The largest absolute Gasteiger partial charge is 0.508 e. The van der Waals surface area contributed by atoms with Crippen LogP contribution in [0.2, 0.25) is 0 Å². The molecule has 3 fully saturated rings. The zero-order chi connectivity index (χ0) is 25.3. The SMILES string of the molecule is COc1ccc(O)c(C2C3=CCC4C(=O)N(C(N)=O)C(=O)C4C3CC3C(=O)N(C(N)=O)C(=O)C32)c1. The van der Waals surface area contributed by atoms with Gasteiger partial charge in [0, 0.05) is 11.5 Å². The van der Waals surface area contributed by atoms with E-state index < -0.39 is 71.2 Å². The second kappa shape index (κ2) is 7.65. The number of hydrogen-bond acceptors (Lipinski definition) is 8. The summed E-state index contributed by atoms with van der Waals surface area (Å²) in [5, 5.41) is 10.7. The number of carbonyl (C=O) groups excluding carboxylic acids is 6. The molecule has 0 bridgehead atoms. The Kier molecular flexibility index (Phi) is 4.93. The molecule has 35 heavy (non-hydrogen) atoms. The van der Waals surface area contributed by atoms with Crippen LogP contribution >= 0.6 is 0 Å². The van der Waals surface area contributed by atoms with Crippen molar-refractivity contribution in [1.82, 2.24) is 9.80 Å². The number of nitrogens with two attached hydrogens (primary N) is 2. The number of amides is 8. The van der Waals surface area contributed by atoms with Crippen molar-refractivity contribution in [3.8, 4) is 11.5 Å². The minimum atomic E-state index is -1.22. The molecule has 12 nitrogen and oxygen atoms in total. The van der Waals surface area contributed by atoms with Gasteiger partial charge in [-0.25, -0.2) is 9.59 Å². The lowest BCUT2D eigenvalue weighted by Gasteiger charge is -2.44. The number of hydrogen-bond donors (Lipinski definition) is 3. The van der Waals surface area contributed by atoms with E-state index in [4.69, 9.17) is 16.2 Å². The number of aromatic hydroxyl groups is 1. The highest BCUT2D eigenvalue weighted by molar-refractivity contribution is 6.18. The van der Waals surface area contributed by atoms with Crippen molar-refractivity contribution in [2.24, 2.45) is 41.1 Å². The predicted molar refractivity (Wildman–Crippen MR) is 115 cm³/mol. The summed E-state index contributed by atoms with van der Waals surface area (Å²) >= 11 is 0. The van der Waals surface area contributed by atoms with Crippen molar-refractivity contribution in [3.63, 3.8) is 0 Å². The number of primary amides is 2. The van der Waals surface area contributed by atoms with Gasteiger partial charge in [-0.3, -0.25) is 19.2 Å². The van der Waals surface area contributed by atoms with Gasteiger partial charge in [0.1, 0.15) is 11.5 Å². The number of nitrogens with zero attached hydrogens (tertiary/aromatic N) is 2. The molecule has 1 saturated carbocycles. The molecule has 2 heterocycles. The molecule has 0 aromatic heterocycles. The van der Waals surface area contributed by atoms with E-state index in [2.05, 4.69) is 0 Å². The topological polar surface area (TPSA) is 190 Å². The second-order valence-corrected chi connectivity index (χ2v) is 9.15. The fourth-order valence-electron chi connectivity index (χ4n) is 6.28. The first-order valence-electron chi connectivity index (χ1n) is 11.0. The van der Waals surface area contributed by atoms with Gasteiger partial charge in [-0.05, 0) is 37.0 Å². The van der Waals surface area contributed by atoms with Crippen LogP contribution in [0.3, 0.4) is 0 Å². The van der Waals surface area contributed by atoms with Crippen LogP contribution in [0.25, 0.3) is 0 Å². The van der Waals surface area contributed by atoms with E-state index in [0.29, 0.717) is 21.1 Å². The van der Waals surface area contributed by atoms with Crippen molar-refractivity contribution in [1.29, 1.82) is 0 Å². The molecule has 0 radical (unpaired) electrons. The number of fused-ring (bicyclic) bond motifs is 4. The van der Waals surface area contributed by atoms with E-state index in [1.807, 2.05) is 0 Å². The Labute approximate surface area is 198 Å². The van der Waals surface area contributed by atoms with Crippen molar-refractivity contribution in [2.45, 2.75) is 18.8 Å². The smallest absolute Gasteiger partial charge is 0.328 e. The fraction of sp³-hybridized carbons (Fsp3) is 0.391. The number of rotatable bonds is 2. The standard InChI is InChI=1S/C23H22N4O8/c1-35-8-2-5-14(28)12(6-8)15-9-3-4-10-16(20(31)26(18(10)29)22(24)33)11(9)7-13-17(15)21(32)27(19(13)30)23(25)34/h2-3,5-6,10-11,13,15-17,28H,4,7H2,1H3,(H2,24,33)(H2,25,34). The van der Waals surface area contributed by atoms with Gasteiger partial charge in [0.25, 0.3) is 0 Å².